The molecule has 0 heterocycles. The van der Waals surface area contributed by atoms with E-state index in [4.69, 9.17) is 0 Å². The standard InChI is InChI=1S/C21H15F9O/c1-10-2-4-11(5-3-10)13-6-7-14(19(25)18(13)24)21(29,30)31-12-8-15(22)17(16(23)9-12)20(26,27)28/h4,6-10H,2-3,5H2,1H3. The van der Waals surface area contributed by atoms with Crippen molar-refractivity contribution < 1.29 is 44.3 Å². The molecule has 31 heavy (non-hydrogen) atoms. The first kappa shape index (κ1) is 23.0. The predicted octanol–water partition coefficient (Wildman–Crippen LogP) is 7.59. The van der Waals surface area contributed by atoms with E-state index in [-0.39, 0.29) is 17.7 Å². The van der Waals surface area contributed by atoms with Crippen LogP contribution in [0, 0.1) is 29.2 Å². The lowest BCUT2D eigenvalue weighted by Gasteiger charge is -2.22. The second kappa shape index (κ2) is 8.12. The number of benzene rings is 2. The Hall–Kier alpha value is -2.65. The summed E-state index contributed by atoms with van der Waals surface area (Å²) in [5.41, 5.74) is -3.60. The SMILES string of the molecule is CC1CC=C(c2ccc(C(F)(F)Oc3cc(F)c(C(F)(F)F)c(F)c3)c(F)c2F)CC1. The first-order chi connectivity index (χ1) is 14.3. The topological polar surface area (TPSA) is 9.23 Å². The Morgan fingerprint density at radius 2 is 1.52 bits per heavy atom. The Balaban J connectivity index is 1.93. The normalized spacial score (nSPS) is 17.5. The summed E-state index contributed by atoms with van der Waals surface area (Å²) in [6, 6.07) is 1.26. The summed E-state index contributed by atoms with van der Waals surface area (Å²) in [6.07, 6.45) is -6.60. The van der Waals surface area contributed by atoms with Gasteiger partial charge in [-0.05, 0) is 36.8 Å². The molecule has 0 radical (unpaired) electrons. The van der Waals surface area contributed by atoms with Crippen molar-refractivity contribution in [2.45, 2.75) is 38.5 Å². The van der Waals surface area contributed by atoms with Gasteiger partial charge in [-0.2, -0.15) is 22.0 Å². The van der Waals surface area contributed by atoms with Crippen LogP contribution in [0.1, 0.15) is 42.9 Å². The van der Waals surface area contributed by atoms with Gasteiger partial charge in [0, 0.05) is 17.7 Å². The molecule has 1 nitrogen and oxygen atoms in total. The Labute approximate surface area is 171 Å². The molecule has 0 saturated carbocycles. The summed E-state index contributed by atoms with van der Waals surface area (Å²) in [5.74, 6) is -8.86. The minimum absolute atomic E-state index is 0.115. The predicted molar refractivity (Wildman–Crippen MR) is 93.2 cm³/mol. The van der Waals surface area contributed by atoms with Crippen molar-refractivity contribution in [3.05, 3.63) is 70.3 Å². The van der Waals surface area contributed by atoms with E-state index in [0.717, 1.165) is 6.07 Å². The van der Waals surface area contributed by atoms with Gasteiger partial charge in [0.2, 0.25) is 0 Å². The van der Waals surface area contributed by atoms with Crippen LogP contribution in [0.3, 0.4) is 0 Å². The molecule has 0 amide bonds. The molecule has 0 fully saturated rings. The van der Waals surface area contributed by atoms with Crippen molar-refractivity contribution in [3.63, 3.8) is 0 Å². The van der Waals surface area contributed by atoms with Gasteiger partial charge in [0.05, 0.1) is 0 Å². The first-order valence-electron chi connectivity index (χ1n) is 9.12. The van der Waals surface area contributed by atoms with Gasteiger partial charge >= 0.3 is 12.3 Å². The third-order valence-electron chi connectivity index (χ3n) is 4.96. The van der Waals surface area contributed by atoms with Gasteiger partial charge in [0.15, 0.2) is 11.6 Å². The van der Waals surface area contributed by atoms with Crippen LogP contribution in [0.4, 0.5) is 39.5 Å². The third-order valence-corrected chi connectivity index (χ3v) is 4.96. The zero-order valence-electron chi connectivity index (χ0n) is 15.9. The van der Waals surface area contributed by atoms with Crippen LogP contribution < -0.4 is 4.74 Å². The van der Waals surface area contributed by atoms with Gasteiger partial charge in [-0.1, -0.05) is 19.1 Å². The molecule has 1 aliphatic carbocycles. The number of alkyl halides is 5. The molecule has 0 saturated heterocycles. The maximum atomic E-state index is 14.5. The lowest BCUT2D eigenvalue weighted by atomic mass is 9.87. The fourth-order valence-electron chi connectivity index (χ4n) is 3.31. The second-order valence-electron chi connectivity index (χ2n) is 7.28. The molecule has 1 aliphatic rings. The van der Waals surface area contributed by atoms with Crippen molar-refractivity contribution in [3.8, 4) is 5.75 Å². The van der Waals surface area contributed by atoms with E-state index in [1.54, 1.807) is 6.08 Å². The molecule has 0 aromatic heterocycles. The van der Waals surface area contributed by atoms with E-state index >= 15 is 0 Å². The third kappa shape index (κ3) is 4.67. The van der Waals surface area contributed by atoms with Gasteiger partial charge < -0.3 is 4.74 Å². The van der Waals surface area contributed by atoms with Crippen molar-refractivity contribution in [1.82, 2.24) is 0 Å². The van der Waals surface area contributed by atoms with Crippen LogP contribution in [-0.2, 0) is 12.3 Å². The van der Waals surface area contributed by atoms with Gasteiger partial charge in [0.25, 0.3) is 0 Å². The van der Waals surface area contributed by atoms with Crippen molar-refractivity contribution in [2.75, 3.05) is 0 Å². The number of halogens is 9. The highest BCUT2D eigenvalue weighted by Gasteiger charge is 2.42. The van der Waals surface area contributed by atoms with Gasteiger partial charge in [-0.25, -0.2) is 17.6 Å². The summed E-state index contributed by atoms with van der Waals surface area (Å²) in [4.78, 5) is 0. The number of rotatable bonds is 4. The summed E-state index contributed by atoms with van der Waals surface area (Å²) < 4.78 is 127. The Kier molecular flexibility index (Phi) is 6.03. The fraction of sp³-hybridized carbons (Fsp3) is 0.333. The monoisotopic (exact) mass is 454 g/mol. The molecule has 2 aromatic carbocycles. The van der Waals surface area contributed by atoms with Crippen LogP contribution in [0.25, 0.3) is 5.57 Å². The Bertz CT molecular complexity index is 1000. The van der Waals surface area contributed by atoms with Crippen molar-refractivity contribution >= 4 is 5.57 Å². The smallest absolute Gasteiger partial charge is 0.429 e. The molecule has 1 unspecified atom stereocenters. The Morgan fingerprint density at radius 3 is 2.03 bits per heavy atom. The van der Waals surface area contributed by atoms with Gasteiger partial charge in [0.1, 0.15) is 28.5 Å². The fourth-order valence-corrected chi connectivity index (χ4v) is 3.31. The van der Waals surface area contributed by atoms with E-state index in [0.29, 0.717) is 36.8 Å². The lowest BCUT2D eigenvalue weighted by Crippen LogP contribution is -2.25. The summed E-state index contributed by atoms with van der Waals surface area (Å²) in [5, 5.41) is 0. The molecule has 0 aliphatic heterocycles. The largest absolute Gasteiger partial charge is 0.429 e. The summed E-state index contributed by atoms with van der Waals surface area (Å²) in [6.45, 7) is 1.97. The average molecular weight is 454 g/mol. The highest BCUT2D eigenvalue weighted by molar-refractivity contribution is 5.67. The maximum absolute atomic E-state index is 14.5. The zero-order valence-corrected chi connectivity index (χ0v) is 15.9. The number of hydrogen-bond acceptors (Lipinski definition) is 1. The van der Waals surface area contributed by atoms with Crippen LogP contribution in [0.2, 0.25) is 0 Å². The average Bonchev–Trinajstić information content (AvgIpc) is 2.62. The van der Waals surface area contributed by atoms with Gasteiger partial charge in [-0.3, -0.25) is 0 Å². The van der Waals surface area contributed by atoms with Gasteiger partial charge in [-0.15, -0.1) is 0 Å². The van der Waals surface area contributed by atoms with E-state index in [2.05, 4.69) is 4.74 Å². The van der Waals surface area contributed by atoms with E-state index in [1.165, 1.54) is 0 Å². The molecular formula is C21H15F9O. The summed E-state index contributed by atoms with van der Waals surface area (Å²) in [7, 11) is 0. The van der Waals surface area contributed by atoms with E-state index in [9.17, 15) is 39.5 Å². The van der Waals surface area contributed by atoms with Crippen molar-refractivity contribution in [2.24, 2.45) is 5.92 Å². The molecule has 1 atom stereocenters. The molecule has 10 heteroatoms. The number of hydrogen-bond donors (Lipinski definition) is 0. The van der Waals surface area contributed by atoms with E-state index < -0.39 is 52.4 Å². The van der Waals surface area contributed by atoms with Crippen molar-refractivity contribution in [1.29, 1.82) is 0 Å². The molecule has 0 N–H and O–H groups in total. The zero-order chi connectivity index (χ0) is 23.1. The lowest BCUT2D eigenvalue weighted by molar-refractivity contribution is -0.188. The first-order valence-corrected chi connectivity index (χ1v) is 9.12. The molecule has 168 valence electrons. The highest BCUT2D eigenvalue weighted by atomic mass is 19.4. The highest BCUT2D eigenvalue weighted by Crippen LogP contribution is 2.40. The minimum Gasteiger partial charge on any atom is -0.429 e. The quantitative estimate of drug-likeness (QED) is 0.433. The molecule has 0 spiro atoms. The number of ether oxygens (including phenoxy) is 1. The van der Waals surface area contributed by atoms with Crippen LogP contribution in [-0.4, -0.2) is 0 Å². The van der Waals surface area contributed by atoms with Crippen LogP contribution >= 0.6 is 0 Å². The van der Waals surface area contributed by atoms with E-state index in [1.807, 2.05) is 6.92 Å². The minimum atomic E-state index is -5.41. The molecule has 3 rings (SSSR count). The van der Waals surface area contributed by atoms with Crippen LogP contribution in [0.5, 0.6) is 5.75 Å². The molecule has 0 bridgehead atoms. The second-order valence-corrected chi connectivity index (χ2v) is 7.28. The maximum Gasteiger partial charge on any atom is 0.429 e. The molecular weight excluding hydrogens is 439 g/mol. The Morgan fingerprint density at radius 1 is 0.903 bits per heavy atom. The van der Waals surface area contributed by atoms with Crippen LogP contribution in [0.15, 0.2) is 30.3 Å². The molecule has 2 aromatic rings. The number of allylic oxidation sites excluding steroid dienone is 2. The summed E-state index contributed by atoms with van der Waals surface area (Å²) >= 11 is 0.